The first-order chi connectivity index (χ1) is 9.63. The summed E-state index contributed by atoms with van der Waals surface area (Å²) in [5.74, 6) is -0.345. The highest BCUT2D eigenvalue weighted by molar-refractivity contribution is 5.77. The van der Waals surface area contributed by atoms with Gasteiger partial charge in [-0.15, -0.1) is 0 Å². The standard InChI is InChI=1S/C14H15N3O3/c18-13(19)8-17(9-5-6-9)7-12-15-11-4-2-1-3-10(11)14(20)16-12/h1-4,9H,5-8H2,(H,18,19)(H,15,16,20). The van der Waals surface area contributed by atoms with Crippen LogP contribution in [-0.4, -0.2) is 38.5 Å². The van der Waals surface area contributed by atoms with Gasteiger partial charge in [-0.05, 0) is 25.0 Å². The molecule has 0 amide bonds. The molecule has 0 bridgehead atoms. The molecule has 1 aromatic carbocycles. The maximum Gasteiger partial charge on any atom is 0.317 e. The molecule has 1 aliphatic rings. The Kier molecular flexibility index (Phi) is 3.23. The summed E-state index contributed by atoms with van der Waals surface area (Å²) in [6, 6.07) is 7.42. The zero-order valence-electron chi connectivity index (χ0n) is 10.9. The highest BCUT2D eigenvalue weighted by Crippen LogP contribution is 2.27. The fraction of sp³-hybridized carbons (Fsp3) is 0.357. The number of nitrogens with one attached hydrogen (secondary N) is 1. The van der Waals surface area contributed by atoms with Gasteiger partial charge in [0.1, 0.15) is 5.82 Å². The Balaban J connectivity index is 1.89. The maximum absolute atomic E-state index is 12.0. The number of aromatic nitrogens is 2. The molecule has 0 unspecified atom stereocenters. The van der Waals surface area contributed by atoms with Gasteiger partial charge in [0.25, 0.3) is 5.56 Å². The molecule has 3 rings (SSSR count). The van der Waals surface area contributed by atoms with Crippen molar-refractivity contribution in [2.24, 2.45) is 0 Å². The number of fused-ring (bicyclic) bond motifs is 1. The van der Waals surface area contributed by atoms with Crippen LogP contribution >= 0.6 is 0 Å². The molecule has 2 aromatic rings. The number of aromatic amines is 1. The van der Waals surface area contributed by atoms with E-state index in [2.05, 4.69) is 9.97 Å². The fourth-order valence-electron chi connectivity index (χ4n) is 2.33. The van der Waals surface area contributed by atoms with E-state index < -0.39 is 5.97 Å². The van der Waals surface area contributed by atoms with Crippen molar-refractivity contribution in [2.75, 3.05) is 6.54 Å². The van der Waals surface area contributed by atoms with Crippen molar-refractivity contribution in [3.63, 3.8) is 0 Å². The first-order valence-corrected chi connectivity index (χ1v) is 6.57. The van der Waals surface area contributed by atoms with Crippen molar-refractivity contribution in [1.29, 1.82) is 0 Å². The van der Waals surface area contributed by atoms with Crippen molar-refractivity contribution < 1.29 is 9.90 Å². The van der Waals surface area contributed by atoms with Gasteiger partial charge in [0, 0.05) is 6.04 Å². The van der Waals surface area contributed by atoms with Crippen LogP contribution in [0.5, 0.6) is 0 Å². The normalized spacial score (nSPS) is 14.8. The lowest BCUT2D eigenvalue weighted by molar-refractivity contribution is -0.138. The second-order valence-corrected chi connectivity index (χ2v) is 5.06. The van der Waals surface area contributed by atoms with Gasteiger partial charge in [0.05, 0.1) is 24.0 Å². The van der Waals surface area contributed by atoms with Gasteiger partial charge >= 0.3 is 5.97 Å². The van der Waals surface area contributed by atoms with Gasteiger partial charge in [0.15, 0.2) is 0 Å². The third-order valence-corrected chi connectivity index (χ3v) is 3.42. The molecule has 1 heterocycles. The summed E-state index contributed by atoms with van der Waals surface area (Å²) < 4.78 is 0. The SMILES string of the molecule is O=C(O)CN(Cc1nc2ccccc2c(=O)[nH]1)C1CC1. The number of nitrogens with zero attached hydrogens (tertiary/aromatic N) is 2. The Morgan fingerprint density at radius 2 is 2.15 bits per heavy atom. The predicted molar refractivity (Wildman–Crippen MR) is 73.4 cm³/mol. The minimum Gasteiger partial charge on any atom is -0.480 e. The molecule has 1 aromatic heterocycles. The van der Waals surface area contributed by atoms with Gasteiger partial charge in [0.2, 0.25) is 0 Å². The van der Waals surface area contributed by atoms with Crippen LogP contribution < -0.4 is 5.56 Å². The molecule has 1 saturated carbocycles. The zero-order chi connectivity index (χ0) is 14.1. The number of carboxylic acids is 1. The smallest absolute Gasteiger partial charge is 0.317 e. The van der Waals surface area contributed by atoms with Gasteiger partial charge in [-0.3, -0.25) is 14.5 Å². The Morgan fingerprint density at radius 3 is 2.85 bits per heavy atom. The molecular weight excluding hydrogens is 258 g/mol. The van der Waals surface area contributed by atoms with Crippen molar-refractivity contribution in [3.8, 4) is 0 Å². The molecule has 1 aliphatic carbocycles. The molecule has 0 radical (unpaired) electrons. The quantitative estimate of drug-likeness (QED) is 0.847. The summed E-state index contributed by atoms with van der Waals surface area (Å²) in [7, 11) is 0. The van der Waals surface area contributed by atoms with E-state index in [1.807, 2.05) is 11.0 Å². The monoisotopic (exact) mass is 273 g/mol. The van der Waals surface area contributed by atoms with Crippen molar-refractivity contribution >= 4 is 16.9 Å². The van der Waals surface area contributed by atoms with Crippen LogP contribution in [0.15, 0.2) is 29.1 Å². The van der Waals surface area contributed by atoms with Crippen molar-refractivity contribution in [3.05, 3.63) is 40.4 Å². The van der Waals surface area contributed by atoms with Crippen molar-refractivity contribution in [1.82, 2.24) is 14.9 Å². The number of hydrogen-bond donors (Lipinski definition) is 2. The molecule has 0 aliphatic heterocycles. The first-order valence-electron chi connectivity index (χ1n) is 6.57. The molecule has 0 saturated heterocycles. The molecule has 6 nitrogen and oxygen atoms in total. The number of aliphatic carboxylic acids is 1. The summed E-state index contributed by atoms with van der Waals surface area (Å²) in [5, 5.41) is 9.48. The minimum absolute atomic E-state index is 0.0266. The number of H-pyrrole nitrogens is 1. The largest absolute Gasteiger partial charge is 0.480 e. The minimum atomic E-state index is -0.861. The van der Waals surface area contributed by atoms with Gasteiger partial charge in [-0.2, -0.15) is 0 Å². The Hall–Kier alpha value is -2.21. The number of carboxylic acid groups (broad SMARTS) is 1. The highest BCUT2D eigenvalue weighted by Gasteiger charge is 2.30. The summed E-state index contributed by atoms with van der Waals surface area (Å²) in [6.07, 6.45) is 2.01. The topological polar surface area (TPSA) is 86.3 Å². The van der Waals surface area contributed by atoms with Crippen LogP contribution in [-0.2, 0) is 11.3 Å². The van der Waals surface area contributed by atoms with E-state index in [1.54, 1.807) is 18.2 Å². The molecular formula is C14H15N3O3. The van der Waals surface area contributed by atoms with E-state index in [9.17, 15) is 9.59 Å². The van der Waals surface area contributed by atoms with Crippen LogP contribution in [0.3, 0.4) is 0 Å². The predicted octanol–water partition coefficient (Wildman–Crippen LogP) is 0.972. The van der Waals surface area contributed by atoms with Crippen molar-refractivity contribution in [2.45, 2.75) is 25.4 Å². The fourth-order valence-corrected chi connectivity index (χ4v) is 2.33. The molecule has 104 valence electrons. The molecule has 1 fully saturated rings. The number of rotatable bonds is 5. The first kappa shape index (κ1) is 12.8. The van der Waals surface area contributed by atoms with Crippen LogP contribution in [0.2, 0.25) is 0 Å². The molecule has 6 heteroatoms. The van der Waals surface area contributed by atoms with E-state index in [1.165, 1.54) is 0 Å². The van der Waals surface area contributed by atoms with Crippen LogP contribution in [0, 0.1) is 0 Å². The van der Waals surface area contributed by atoms with E-state index >= 15 is 0 Å². The zero-order valence-corrected chi connectivity index (χ0v) is 10.9. The lowest BCUT2D eigenvalue weighted by Gasteiger charge is -2.18. The lowest BCUT2D eigenvalue weighted by atomic mass is 10.2. The molecule has 2 N–H and O–H groups in total. The third kappa shape index (κ3) is 2.70. The molecule has 0 spiro atoms. The maximum atomic E-state index is 12.0. The van der Waals surface area contributed by atoms with Gasteiger partial charge < -0.3 is 10.1 Å². The van der Waals surface area contributed by atoms with Crippen LogP contribution in [0.4, 0.5) is 0 Å². The summed E-state index contributed by atoms with van der Waals surface area (Å²) in [5.41, 5.74) is 0.453. The van der Waals surface area contributed by atoms with Gasteiger partial charge in [-0.1, -0.05) is 12.1 Å². The second-order valence-electron chi connectivity index (χ2n) is 5.06. The average molecular weight is 273 g/mol. The highest BCUT2D eigenvalue weighted by atomic mass is 16.4. The Bertz CT molecular complexity index is 706. The lowest BCUT2D eigenvalue weighted by Crippen LogP contribution is -2.32. The summed E-state index contributed by atoms with van der Waals surface area (Å²) in [6.45, 7) is 0.332. The van der Waals surface area contributed by atoms with E-state index in [-0.39, 0.29) is 12.1 Å². The summed E-state index contributed by atoms with van der Waals surface area (Å²) >= 11 is 0. The molecule has 0 atom stereocenters. The van der Waals surface area contributed by atoms with E-state index in [0.717, 1.165) is 12.8 Å². The number of benzene rings is 1. The van der Waals surface area contributed by atoms with Crippen LogP contribution in [0.1, 0.15) is 18.7 Å². The Labute approximate surface area is 115 Å². The van der Waals surface area contributed by atoms with Crippen LogP contribution in [0.25, 0.3) is 10.9 Å². The third-order valence-electron chi connectivity index (χ3n) is 3.42. The second kappa shape index (κ2) is 5.05. The summed E-state index contributed by atoms with van der Waals surface area (Å²) in [4.78, 5) is 31.8. The number of carbonyl (C=O) groups is 1. The number of hydrogen-bond acceptors (Lipinski definition) is 4. The number of para-hydroxylation sites is 1. The molecule has 20 heavy (non-hydrogen) atoms. The van der Waals surface area contributed by atoms with E-state index in [0.29, 0.717) is 29.3 Å². The van der Waals surface area contributed by atoms with Gasteiger partial charge in [-0.25, -0.2) is 4.98 Å². The average Bonchev–Trinajstić information content (AvgIpc) is 3.22. The Morgan fingerprint density at radius 1 is 1.40 bits per heavy atom. The van der Waals surface area contributed by atoms with E-state index in [4.69, 9.17) is 5.11 Å².